The van der Waals surface area contributed by atoms with Crippen molar-refractivity contribution in [2.45, 2.75) is 19.6 Å². The number of rotatable bonds is 4. The van der Waals surface area contributed by atoms with Crippen molar-refractivity contribution < 1.29 is 9.13 Å². The van der Waals surface area contributed by atoms with Crippen molar-refractivity contribution in [2.24, 2.45) is 5.73 Å². The second-order valence-electron chi connectivity index (χ2n) is 4.68. The molecule has 1 unspecified atom stereocenters. The molecule has 0 saturated carbocycles. The number of benzene rings is 2. The Morgan fingerprint density at radius 2 is 1.95 bits per heavy atom. The Bertz CT molecular complexity index is 643. The Balaban J connectivity index is 2.03. The molecule has 21 heavy (non-hydrogen) atoms. The highest BCUT2D eigenvalue weighted by atomic mass is 19.1. The second-order valence-corrected chi connectivity index (χ2v) is 4.68. The average Bonchev–Trinajstić information content (AvgIpc) is 2.53. The van der Waals surface area contributed by atoms with E-state index in [2.05, 4.69) is 11.8 Å². The van der Waals surface area contributed by atoms with Gasteiger partial charge in [-0.25, -0.2) is 4.39 Å². The van der Waals surface area contributed by atoms with Crippen LogP contribution in [0.15, 0.2) is 48.5 Å². The lowest BCUT2D eigenvalue weighted by Crippen LogP contribution is -2.01. The molecule has 2 nitrogen and oxygen atoms in total. The van der Waals surface area contributed by atoms with Crippen LogP contribution in [0.3, 0.4) is 0 Å². The van der Waals surface area contributed by atoms with E-state index in [0.717, 1.165) is 11.1 Å². The standard InChI is InChI=1S/C18H18FNO/c1-14(16-6-3-2-4-7-16)21-13-15-9-10-18(19)17(12-15)8-5-11-20/h2-4,6-7,9-10,12,14H,11,13,20H2,1H3. The highest BCUT2D eigenvalue weighted by Gasteiger charge is 2.06. The van der Waals surface area contributed by atoms with E-state index >= 15 is 0 Å². The highest BCUT2D eigenvalue weighted by molar-refractivity contribution is 5.38. The Labute approximate surface area is 124 Å². The number of nitrogens with two attached hydrogens (primary N) is 1. The molecule has 2 N–H and O–H groups in total. The fourth-order valence-electron chi connectivity index (χ4n) is 1.95. The van der Waals surface area contributed by atoms with E-state index in [1.54, 1.807) is 12.1 Å². The maximum absolute atomic E-state index is 13.6. The molecule has 2 rings (SSSR count). The molecule has 2 aromatic rings. The predicted octanol–water partition coefficient (Wildman–Crippen LogP) is 3.41. The van der Waals surface area contributed by atoms with E-state index in [1.165, 1.54) is 6.07 Å². The molecule has 0 aliphatic carbocycles. The van der Waals surface area contributed by atoms with Crippen LogP contribution in [0.2, 0.25) is 0 Å². The summed E-state index contributed by atoms with van der Waals surface area (Å²) in [7, 11) is 0. The van der Waals surface area contributed by atoms with Gasteiger partial charge < -0.3 is 10.5 Å². The van der Waals surface area contributed by atoms with E-state index in [0.29, 0.717) is 12.2 Å². The third kappa shape index (κ3) is 4.42. The molecule has 3 heteroatoms. The topological polar surface area (TPSA) is 35.2 Å². The first kappa shape index (κ1) is 15.2. The van der Waals surface area contributed by atoms with Gasteiger partial charge in [-0.2, -0.15) is 0 Å². The minimum absolute atomic E-state index is 0.0187. The molecule has 108 valence electrons. The van der Waals surface area contributed by atoms with E-state index < -0.39 is 0 Å². The maximum Gasteiger partial charge on any atom is 0.138 e. The molecule has 1 atom stereocenters. The van der Waals surface area contributed by atoms with Crippen molar-refractivity contribution >= 4 is 0 Å². The van der Waals surface area contributed by atoms with Gasteiger partial charge in [0.1, 0.15) is 5.82 Å². The molecular formula is C18H18FNO. The van der Waals surface area contributed by atoms with Gasteiger partial charge in [0.2, 0.25) is 0 Å². The summed E-state index contributed by atoms with van der Waals surface area (Å²) in [5, 5.41) is 0. The lowest BCUT2D eigenvalue weighted by molar-refractivity contribution is 0.0525. The largest absolute Gasteiger partial charge is 0.369 e. The van der Waals surface area contributed by atoms with Gasteiger partial charge in [0.15, 0.2) is 0 Å². The van der Waals surface area contributed by atoms with E-state index in [9.17, 15) is 4.39 Å². The fraction of sp³-hybridized carbons (Fsp3) is 0.222. The van der Waals surface area contributed by atoms with Crippen LogP contribution in [0, 0.1) is 17.7 Å². The Kier molecular flexibility index (Phi) is 5.51. The average molecular weight is 283 g/mol. The van der Waals surface area contributed by atoms with Gasteiger partial charge in [-0.05, 0) is 30.2 Å². The summed E-state index contributed by atoms with van der Waals surface area (Å²) in [5.41, 5.74) is 7.67. The molecule has 0 fully saturated rings. The molecule has 0 bridgehead atoms. The first-order valence-electron chi connectivity index (χ1n) is 6.84. The molecule has 0 radical (unpaired) electrons. The van der Waals surface area contributed by atoms with E-state index in [4.69, 9.17) is 10.5 Å². The van der Waals surface area contributed by atoms with Gasteiger partial charge in [-0.1, -0.05) is 48.2 Å². The monoisotopic (exact) mass is 283 g/mol. The summed E-state index contributed by atoms with van der Waals surface area (Å²) in [5.74, 6) is 5.05. The zero-order valence-electron chi connectivity index (χ0n) is 12.0. The lowest BCUT2D eigenvalue weighted by atomic mass is 10.1. The smallest absolute Gasteiger partial charge is 0.138 e. The van der Waals surface area contributed by atoms with Crippen molar-refractivity contribution in [3.05, 3.63) is 71.0 Å². The van der Waals surface area contributed by atoms with Gasteiger partial charge in [0.25, 0.3) is 0 Å². The van der Waals surface area contributed by atoms with Crippen LogP contribution < -0.4 is 5.73 Å². The summed E-state index contributed by atoms with van der Waals surface area (Å²) in [6.07, 6.45) is -0.0187. The van der Waals surface area contributed by atoms with Gasteiger partial charge in [-0.3, -0.25) is 0 Å². The minimum Gasteiger partial charge on any atom is -0.369 e. The zero-order chi connectivity index (χ0) is 15.1. The molecule has 2 aromatic carbocycles. The van der Waals surface area contributed by atoms with Crippen LogP contribution in [-0.4, -0.2) is 6.54 Å². The maximum atomic E-state index is 13.6. The number of ether oxygens (including phenoxy) is 1. The van der Waals surface area contributed by atoms with Crippen molar-refractivity contribution in [1.82, 2.24) is 0 Å². The molecular weight excluding hydrogens is 265 g/mol. The van der Waals surface area contributed by atoms with Crippen molar-refractivity contribution in [2.75, 3.05) is 6.54 Å². The lowest BCUT2D eigenvalue weighted by Gasteiger charge is -2.13. The van der Waals surface area contributed by atoms with Crippen molar-refractivity contribution in [3.8, 4) is 11.8 Å². The number of halogens is 1. The highest BCUT2D eigenvalue weighted by Crippen LogP contribution is 2.19. The second kappa shape index (κ2) is 7.58. The van der Waals surface area contributed by atoms with Crippen LogP contribution in [0.4, 0.5) is 4.39 Å². The molecule has 0 saturated heterocycles. The van der Waals surface area contributed by atoms with Crippen molar-refractivity contribution in [3.63, 3.8) is 0 Å². The molecule has 0 aromatic heterocycles. The van der Waals surface area contributed by atoms with Crippen molar-refractivity contribution in [1.29, 1.82) is 0 Å². The number of hydrogen-bond acceptors (Lipinski definition) is 2. The van der Waals surface area contributed by atoms with Crippen LogP contribution >= 0.6 is 0 Å². The third-order valence-electron chi connectivity index (χ3n) is 3.12. The summed E-state index contributed by atoms with van der Waals surface area (Å²) < 4.78 is 19.4. The predicted molar refractivity (Wildman–Crippen MR) is 82.0 cm³/mol. The summed E-state index contributed by atoms with van der Waals surface area (Å²) in [4.78, 5) is 0. The van der Waals surface area contributed by atoms with Crippen LogP contribution in [0.1, 0.15) is 29.7 Å². The quantitative estimate of drug-likeness (QED) is 0.873. The third-order valence-corrected chi connectivity index (χ3v) is 3.12. The van der Waals surface area contributed by atoms with Gasteiger partial charge in [0, 0.05) is 0 Å². The van der Waals surface area contributed by atoms with E-state index in [-0.39, 0.29) is 18.5 Å². The summed E-state index contributed by atoms with van der Waals surface area (Å²) in [6, 6.07) is 14.8. The molecule has 0 heterocycles. The first-order valence-corrected chi connectivity index (χ1v) is 6.84. The summed E-state index contributed by atoms with van der Waals surface area (Å²) >= 11 is 0. The molecule has 0 aliphatic heterocycles. The Morgan fingerprint density at radius 3 is 2.67 bits per heavy atom. The zero-order valence-corrected chi connectivity index (χ0v) is 12.0. The van der Waals surface area contributed by atoms with Crippen LogP contribution in [-0.2, 0) is 11.3 Å². The van der Waals surface area contributed by atoms with Crippen LogP contribution in [0.5, 0.6) is 0 Å². The molecule has 0 spiro atoms. The van der Waals surface area contributed by atoms with Crippen LogP contribution in [0.25, 0.3) is 0 Å². The molecule has 0 aliphatic rings. The Morgan fingerprint density at radius 1 is 1.19 bits per heavy atom. The van der Waals surface area contributed by atoms with Gasteiger partial charge in [0.05, 0.1) is 24.8 Å². The minimum atomic E-state index is -0.337. The molecule has 0 amide bonds. The van der Waals surface area contributed by atoms with Gasteiger partial charge in [-0.15, -0.1) is 0 Å². The SMILES string of the molecule is CC(OCc1ccc(F)c(C#CCN)c1)c1ccccc1. The first-order chi connectivity index (χ1) is 10.2. The number of hydrogen-bond donors (Lipinski definition) is 1. The van der Waals surface area contributed by atoms with E-state index in [1.807, 2.05) is 37.3 Å². The fourth-order valence-corrected chi connectivity index (χ4v) is 1.95. The normalized spacial score (nSPS) is 11.6. The Hall–Kier alpha value is -2.15. The van der Waals surface area contributed by atoms with Gasteiger partial charge >= 0.3 is 0 Å². The summed E-state index contributed by atoms with van der Waals surface area (Å²) in [6.45, 7) is 2.62.